The largest absolute Gasteiger partial charge is 0.361 e. The first kappa shape index (κ1) is 7.56. The molecular formula is C10H14N2O. The molecule has 0 aromatic carbocycles. The van der Waals surface area contributed by atoms with Crippen molar-refractivity contribution >= 4 is 0 Å². The second kappa shape index (κ2) is 2.35. The fraction of sp³-hybridized carbons (Fsp3) is 0.700. The molecule has 2 N–H and O–H groups in total. The van der Waals surface area contributed by atoms with Gasteiger partial charge in [0, 0.05) is 18.0 Å². The van der Waals surface area contributed by atoms with E-state index in [0.717, 1.165) is 12.2 Å². The Kier molecular flexibility index (Phi) is 1.37. The van der Waals surface area contributed by atoms with Crippen molar-refractivity contribution in [2.75, 3.05) is 6.54 Å². The van der Waals surface area contributed by atoms with Crippen LogP contribution < -0.4 is 5.73 Å². The Bertz CT molecular complexity index is 327. The third kappa shape index (κ3) is 0.908. The molecule has 1 saturated carbocycles. The van der Waals surface area contributed by atoms with Crippen molar-refractivity contribution in [3.63, 3.8) is 0 Å². The Balaban J connectivity index is 2.04. The van der Waals surface area contributed by atoms with Gasteiger partial charge in [-0.3, -0.25) is 0 Å². The number of nitrogens with zero attached hydrogens (tertiary/aromatic N) is 1. The summed E-state index contributed by atoms with van der Waals surface area (Å²) in [6.45, 7) is 0.711. The van der Waals surface area contributed by atoms with Gasteiger partial charge >= 0.3 is 0 Å². The van der Waals surface area contributed by atoms with Crippen LogP contribution in [0.4, 0.5) is 0 Å². The van der Waals surface area contributed by atoms with Crippen molar-refractivity contribution in [3.05, 3.63) is 17.5 Å². The second-order valence-corrected chi connectivity index (χ2v) is 4.37. The van der Waals surface area contributed by atoms with Crippen LogP contribution in [0.1, 0.15) is 36.5 Å². The Morgan fingerprint density at radius 2 is 2.38 bits per heavy atom. The van der Waals surface area contributed by atoms with E-state index in [9.17, 15) is 0 Å². The molecule has 3 nitrogen and oxygen atoms in total. The predicted octanol–water partition coefficient (Wildman–Crippen LogP) is 1.44. The number of nitrogens with two attached hydrogens (primary N) is 1. The summed E-state index contributed by atoms with van der Waals surface area (Å²) in [4.78, 5) is 0. The van der Waals surface area contributed by atoms with E-state index >= 15 is 0 Å². The lowest BCUT2D eigenvalue weighted by atomic mass is 9.76. The quantitative estimate of drug-likeness (QED) is 0.708. The summed E-state index contributed by atoms with van der Waals surface area (Å²) in [6, 6.07) is 0. The topological polar surface area (TPSA) is 52.0 Å². The second-order valence-electron chi connectivity index (χ2n) is 4.37. The molecule has 1 unspecified atom stereocenters. The van der Waals surface area contributed by atoms with E-state index in [2.05, 4.69) is 5.16 Å². The lowest BCUT2D eigenvalue weighted by Crippen LogP contribution is -2.27. The van der Waals surface area contributed by atoms with Crippen molar-refractivity contribution in [3.8, 4) is 0 Å². The Labute approximate surface area is 77.3 Å². The van der Waals surface area contributed by atoms with Crippen LogP contribution in [0, 0.1) is 5.41 Å². The maximum Gasteiger partial charge on any atom is 0.144 e. The van der Waals surface area contributed by atoms with Crippen molar-refractivity contribution in [1.82, 2.24) is 5.16 Å². The molecule has 2 aliphatic carbocycles. The highest BCUT2D eigenvalue weighted by atomic mass is 16.5. The third-order valence-corrected chi connectivity index (χ3v) is 3.75. The van der Waals surface area contributed by atoms with Crippen molar-refractivity contribution in [2.24, 2.45) is 11.1 Å². The van der Waals surface area contributed by atoms with Gasteiger partial charge in [0.1, 0.15) is 5.76 Å². The third-order valence-electron chi connectivity index (χ3n) is 3.75. The van der Waals surface area contributed by atoms with E-state index in [1.807, 2.05) is 6.20 Å². The highest BCUT2D eigenvalue weighted by Crippen LogP contribution is 2.61. The average Bonchev–Trinajstić information content (AvgIpc) is 2.76. The Morgan fingerprint density at radius 3 is 3.08 bits per heavy atom. The van der Waals surface area contributed by atoms with Gasteiger partial charge in [0.2, 0.25) is 0 Å². The zero-order chi connectivity index (χ0) is 8.89. The predicted molar refractivity (Wildman–Crippen MR) is 48.3 cm³/mol. The van der Waals surface area contributed by atoms with Gasteiger partial charge in [-0.05, 0) is 31.1 Å². The van der Waals surface area contributed by atoms with Gasteiger partial charge in [-0.15, -0.1) is 0 Å². The molecule has 0 amide bonds. The number of aryl methyl sites for hydroxylation is 1. The molecule has 13 heavy (non-hydrogen) atoms. The van der Waals surface area contributed by atoms with E-state index in [-0.39, 0.29) is 0 Å². The molecule has 2 aliphatic rings. The van der Waals surface area contributed by atoms with Crippen LogP contribution in [0.15, 0.2) is 10.7 Å². The minimum absolute atomic E-state index is 0.443. The van der Waals surface area contributed by atoms with Crippen molar-refractivity contribution < 1.29 is 4.52 Å². The van der Waals surface area contributed by atoms with Crippen LogP contribution in [-0.4, -0.2) is 11.7 Å². The van der Waals surface area contributed by atoms with Gasteiger partial charge in [0.05, 0.1) is 6.20 Å². The van der Waals surface area contributed by atoms with Crippen molar-refractivity contribution in [1.29, 1.82) is 0 Å². The molecule has 1 aromatic rings. The van der Waals surface area contributed by atoms with E-state index < -0.39 is 0 Å². The fourth-order valence-corrected chi connectivity index (χ4v) is 2.70. The summed E-state index contributed by atoms with van der Waals surface area (Å²) in [6.07, 6.45) is 6.93. The van der Waals surface area contributed by atoms with Gasteiger partial charge < -0.3 is 10.3 Å². The number of hydrogen-bond donors (Lipinski definition) is 1. The Morgan fingerprint density at radius 1 is 1.54 bits per heavy atom. The molecule has 3 rings (SSSR count). The summed E-state index contributed by atoms with van der Waals surface area (Å²) in [5, 5.41) is 3.86. The van der Waals surface area contributed by atoms with E-state index in [1.54, 1.807) is 0 Å². The van der Waals surface area contributed by atoms with Gasteiger partial charge in [-0.25, -0.2) is 0 Å². The molecule has 1 spiro atoms. The normalized spacial score (nSPS) is 28.8. The van der Waals surface area contributed by atoms with Crippen molar-refractivity contribution in [2.45, 2.75) is 31.6 Å². The first-order valence-corrected chi connectivity index (χ1v) is 4.99. The number of hydrogen-bond acceptors (Lipinski definition) is 3. The number of rotatable bonds is 1. The fourth-order valence-electron chi connectivity index (χ4n) is 2.70. The summed E-state index contributed by atoms with van der Waals surface area (Å²) >= 11 is 0. The highest BCUT2D eigenvalue weighted by Gasteiger charge is 2.52. The van der Waals surface area contributed by atoms with Gasteiger partial charge in [0.25, 0.3) is 0 Å². The monoisotopic (exact) mass is 178 g/mol. The standard InChI is InChI=1S/C10H14N2O/c11-5-8-9-7(6-12-13-9)1-2-10(8)3-4-10/h6,8H,1-5,11H2. The minimum atomic E-state index is 0.443. The molecule has 0 radical (unpaired) electrons. The Hall–Kier alpha value is -0.830. The minimum Gasteiger partial charge on any atom is -0.361 e. The molecule has 0 aliphatic heterocycles. The SMILES string of the molecule is NCC1c2oncc2CCC12CC2. The smallest absolute Gasteiger partial charge is 0.144 e. The van der Waals surface area contributed by atoms with Crippen LogP contribution >= 0.6 is 0 Å². The average molecular weight is 178 g/mol. The van der Waals surface area contributed by atoms with Crippen LogP contribution in [-0.2, 0) is 6.42 Å². The maximum absolute atomic E-state index is 5.81. The first-order valence-electron chi connectivity index (χ1n) is 4.99. The zero-order valence-electron chi connectivity index (χ0n) is 7.62. The molecule has 1 heterocycles. The van der Waals surface area contributed by atoms with Gasteiger partial charge in [0.15, 0.2) is 0 Å². The lowest BCUT2D eigenvalue weighted by Gasteiger charge is -2.28. The summed E-state index contributed by atoms with van der Waals surface area (Å²) in [5.41, 5.74) is 7.59. The summed E-state index contributed by atoms with van der Waals surface area (Å²) in [7, 11) is 0. The summed E-state index contributed by atoms with van der Waals surface area (Å²) in [5.74, 6) is 1.52. The molecule has 1 fully saturated rings. The molecule has 1 atom stereocenters. The van der Waals surface area contributed by atoms with E-state index in [4.69, 9.17) is 10.3 Å². The highest BCUT2D eigenvalue weighted by molar-refractivity contribution is 5.28. The van der Waals surface area contributed by atoms with Crippen LogP contribution in [0.2, 0.25) is 0 Å². The molecule has 3 heteroatoms. The molecular weight excluding hydrogens is 164 g/mol. The number of aromatic nitrogens is 1. The maximum atomic E-state index is 5.81. The van der Waals surface area contributed by atoms with Gasteiger partial charge in [-0.1, -0.05) is 5.16 Å². The van der Waals surface area contributed by atoms with Crippen LogP contribution in [0.3, 0.4) is 0 Å². The van der Waals surface area contributed by atoms with Crippen LogP contribution in [0.5, 0.6) is 0 Å². The summed E-state index contributed by atoms with van der Waals surface area (Å²) < 4.78 is 5.31. The number of fused-ring (bicyclic) bond motifs is 1. The molecule has 1 aromatic heterocycles. The van der Waals surface area contributed by atoms with Crippen LogP contribution in [0.25, 0.3) is 0 Å². The molecule has 0 saturated heterocycles. The zero-order valence-corrected chi connectivity index (χ0v) is 7.62. The van der Waals surface area contributed by atoms with E-state index in [0.29, 0.717) is 17.9 Å². The van der Waals surface area contributed by atoms with Gasteiger partial charge in [-0.2, -0.15) is 0 Å². The molecule has 70 valence electrons. The first-order chi connectivity index (χ1) is 6.36. The lowest BCUT2D eigenvalue weighted by molar-refractivity contribution is 0.271. The molecule has 0 bridgehead atoms. The van der Waals surface area contributed by atoms with E-state index in [1.165, 1.54) is 24.8 Å².